The molecule has 21 heavy (non-hydrogen) atoms. The van der Waals surface area contributed by atoms with E-state index in [2.05, 4.69) is 42.7 Å². The largest absolute Gasteiger partial charge is 0.331 e. The second-order valence-corrected chi connectivity index (χ2v) is 5.63. The fourth-order valence-electron chi connectivity index (χ4n) is 2.32. The molecule has 0 fully saturated rings. The number of benzene rings is 2. The zero-order valence-corrected chi connectivity index (χ0v) is 13.2. The molecule has 0 unspecified atom stereocenters. The quantitative estimate of drug-likeness (QED) is 0.837. The minimum absolute atomic E-state index is 0.0650. The van der Waals surface area contributed by atoms with Crippen molar-refractivity contribution < 1.29 is 4.79 Å². The van der Waals surface area contributed by atoms with Crippen LogP contribution in [0.15, 0.2) is 42.5 Å². The van der Waals surface area contributed by atoms with Crippen LogP contribution in [0.4, 0.5) is 10.5 Å². The molecule has 3 nitrogen and oxygen atoms in total. The first-order valence-electron chi connectivity index (χ1n) is 6.86. The molecule has 110 valence electrons. The normalized spacial score (nSPS) is 11.8. The summed E-state index contributed by atoms with van der Waals surface area (Å²) in [5.41, 5.74) is 4.17. The number of urea groups is 1. The minimum Gasteiger partial charge on any atom is -0.331 e. The van der Waals surface area contributed by atoms with Gasteiger partial charge in [-0.2, -0.15) is 0 Å². The number of carbonyl (C=O) groups excluding carboxylic acids is 1. The van der Waals surface area contributed by atoms with Crippen LogP contribution < -0.4 is 10.6 Å². The molecular weight excluding hydrogens is 284 g/mol. The van der Waals surface area contributed by atoms with E-state index in [0.717, 1.165) is 5.56 Å². The van der Waals surface area contributed by atoms with Crippen LogP contribution in [0, 0.1) is 13.8 Å². The Morgan fingerprint density at radius 2 is 1.90 bits per heavy atom. The predicted molar refractivity (Wildman–Crippen MR) is 87.9 cm³/mol. The molecule has 2 N–H and O–H groups in total. The third kappa shape index (κ3) is 4.23. The second kappa shape index (κ2) is 6.64. The van der Waals surface area contributed by atoms with Crippen molar-refractivity contribution in [1.29, 1.82) is 0 Å². The van der Waals surface area contributed by atoms with Crippen molar-refractivity contribution in [2.24, 2.45) is 0 Å². The number of anilines is 1. The van der Waals surface area contributed by atoms with Gasteiger partial charge < -0.3 is 10.6 Å². The van der Waals surface area contributed by atoms with E-state index in [4.69, 9.17) is 11.6 Å². The average Bonchev–Trinajstić information content (AvgIpc) is 2.38. The first-order chi connectivity index (χ1) is 9.95. The van der Waals surface area contributed by atoms with Gasteiger partial charge in [0.15, 0.2) is 0 Å². The van der Waals surface area contributed by atoms with Crippen molar-refractivity contribution in [3.05, 3.63) is 64.2 Å². The van der Waals surface area contributed by atoms with Crippen molar-refractivity contribution in [2.75, 3.05) is 5.32 Å². The van der Waals surface area contributed by atoms with E-state index in [1.807, 2.05) is 6.92 Å². The Bertz CT molecular complexity index is 655. The van der Waals surface area contributed by atoms with E-state index >= 15 is 0 Å². The molecule has 0 saturated heterocycles. The maximum Gasteiger partial charge on any atom is 0.319 e. The van der Waals surface area contributed by atoms with Gasteiger partial charge in [0.25, 0.3) is 0 Å². The van der Waals surface area contributed by atoms with Crippen LogP contribution in [0.3, 0.4) is 0 Å². The maximum absolute atomic E-state index is 12.0. The summed E-state index contributed by atoms with van der Waals surface area (Å²) in [6, 6.07) is 13.0. The lowest BCUT2D eigenvalue weighted by molar-refractivity contribution is 0.249. The molecule has 0 aromatic heterocycles. The van der Waals surface area contributed by atoms with Gasteiger partial charge in [0, 0.05) is 10.7 Å². The third-order valence-corrected chi connectivity index (χ3v) is 3.56. The van der Waals surface area contributed by atoms with E-state index in [-0.39, 0.29) is 12.1 Å². The molecule has 0 aliphatic rings. The smallest absolute Gasteiger partial charge is 0.319 e. The van der Waals surface area contributed by atoms with Gasteiger partial charge in [-0.05, 0) is 50.1 Å². The van der Waals surface area contributed by atoms with Crippen molar-refractivity contribution in [3.8, 4) is 0 Å². The van der Waals surface area contributed by atoms with Gasteiger partial charge in [0.2, 0.25) is 0 Å². The second-order valence-electron chi connectivity index (χ2n) is 5.19. The lowest BCUT2D eigenvalue weighted by atomic mass is 10.0. The molecule has 0 radical (unpaired) electrons. The van der Waals surface area contributed by atoms with Crippen LogP contribution >= 0.6 is 11.6 Å². The van der Waals surface area contributed by atoms with E-state index in [1.165, 1.54) is 11.1 Å². The van der Waals surface area contributed by atoms with Crippen LogP contribution in [0.1, 0.15) is 29.7 Å². The average molecular weight is 303 g/mol. The van der Waals surface area contributed by atoms with Crippen LogP contribution in [0.2, 0.25) is 5.02 Å². The summed E-state index contributed by atoms with van der Waals surface area (Å²) in [4.78, 5) is 12.0. The molecule has 0 saturated carbocycles. The van der Waals surface area contributed by atoms with Gasteiger partial charge in [-0.1, -0.05) is 41.4 Å². The van der Waals surface area contributed by atoms with Gasteiger partial charge >= 0.3 is 6.03 Å². The van der Waals surface area contributed by atoms with Gasteiger partial charge in [-0.3, -0.25) is 0 Å². The van der Waals surface area contributed by atoms with Crippen molar-refractivity contribution in [3.63, 3.8) is 0 Å². The SMILES string of the molecule is Cc1ccc([C@@H](C)NC(=O)Nc2cccc(Cl)c2)c(C)c1. The third-order valence-electron chi connectivity index (χ3n) is 3.32. The summed E-state index contributed by atoms with van der Waals surface area (Å²) in [5.74, 6) is 0. The molecule has 0 spiro atoms. The Morgan fingerprint density at radius 3 is 2.57 bits per heavy atom. The summed E-state index contributed by atoms with van der Waals surface area (Å²) in [7, 11) is 0. The molecule has 0 aliphatic carbocycles. The zero-order chi connectivity index (χ0) is 15.4. The lowest BCUT2D eigenvalue weighted by Crippen LogP contribution is -2.31. The number of halogens is 1. The maximum atomic E-state index is 12.0. The van der Waals surface area contributed by atoms with Crippen molar-refractivity contribution in [2.45, 2.75) is 26.8 Å². The summed E-state index contributed by atoms with van der Waals surface area (Å²) in [6.45, 7) is 6.07. The Kier molecular flexibility index (Phi) is 4.86. The van der Waals surface area contributed by atoms with Gasteiger partial charge in [0.05, 0.1) is 6.04 Å². The minimum atomic E-state index is -0.246. The number of amides is 2. The standard InChI is InChI=1S/C17H19ClN2O/c1-11-7-8-16(12(2)9-11)13(3)19-17(21)20-15-6-4-5-14(18)10-15/h4-10,13H,1-3H3,(H2,19,20,21)/t13-/m1/s1. The lowest BCUT2D eigenvalue weighted by Gasteiger charge is -2.17. The predicted octanol–water partition coefficient (Wildman–Crippen LogP) is 4.84. The molecular formula is C17H19ClN2O. The summed E-state index contributed by atoms with van der Waals surface area (Å²) in [6.07, 6.45) is 0. The summed E-state index contributed by atoms with van der Waals surface area (Å²) >= 11 is 5.89. The Balaban J connectivity index is 2.02. The van der Waals surface area contributed by atoms with Gasteiger partial charge in [-0.25, -0.2) is 4.79 Å². The molecule has 0 aliphatic heterocycles. The highest BCUT2D eigenvalue weighted by molar-refractivity contribution is 6.30. The topological polar surface area (TPSA) is 41.1 Å². The highest BCUT2D eigenvalue weighted by atomic mass is 35.5. The fraction of sp³-hybridized carbons (Fsp3) is 0.235. The van der Waals surface area contributed by atoms with E-state index in [9.17, 15) is 4.79 Å². The first-order valence-corrected chi connectivity index (χ1v) is 7.24. The Labute approximate surface area is 130 Å². The van der Waals surface area contributed by atoms with E-state index in [1.54, 1.807) is 24.3 Å². The molecule has 2 rings (SSSR count). The van der Waals surface area contributed by atoms with Gasteiger partial charge in [-0.15, -0.1) is 0 Å². The zero-order valence-electron chi connectivity index (χ0n) is 12.4. The Hall–Kier alpha value is -2.00. The summed E-state index contributed by atoms with van der Waals surface area (Å²) < 4.78 is 0. The number of nitrogens with one attached hydrogen (secondary N) is 2. The molecule has 1 atom stereocenters. The number of hydrogen-bond donors (Lipinski definition) is 2. The molecule has 2 amide bonds. The van der Waals surface area contributed by atoms with Crippen LogP contribution in [-0.2, 0) is 0 Å². The number of carbonyl (C=O) groups is 1. The van der Waals surface area contributed by atoms with Gasteiger partial charge in [0.1, 0.15) is 0 Å². The molecule has 0 bridgehead atoms. The van der Waals surface area contributed by atoms with Crippen LogP contribution in [-0.4, -0.2) is 6.03 Å². The molecule has 2 aromatic rings. The highest BCUT2D eigenvalue weighted by Crippen LogP contribution is 2.19. The Morgan fingerprint density at radius 1 is 1.14 bits per heavy atom. The first kappa shape index (κ1) is 15.4. The van der Waals surface area contributed by atoms with Crippen molar-refractivity contribution >= 4 is 23.3 Å². The molecule has 4 heteroatoms. The van der Waals surface area contributed by atoms with E-state index < -0.39 is 0 Å². The monoisotopic (exact) mass is 302 g/mol. The van der Waals surface area contributed by atoms with Crippen molar-refractivity contribution in [1.82, 2.24) is 5.32 Å². The van der Waals surface area contributed by atoms with Crippen LogP contribution in [0.5, 0.6) is 0 Å². The number of hydrogen-bond acceptors (Lipinski definition) is 1. The molecule has 0 heterocycles. The molecule has 2 aromatic carbocycles. The number of rotatable bonds is 3. The highest BCUT2D eigenvalue weighted by Gasteiger charge is 2.11. The number of aryl methyl sites for hydroxylation is 2. The summed E-state index contributed by atoms with van der Waals surface area (Å²) in [5, 5.41) is 6.30. The van der Waals surface area contributed by atoms with E-state index in [0.29, 0.717) is 10.7 Å². The van der Waals surface area contributed by atoms with Crippen LogP contribution in [0.25, 0.3) is 0 Å². The fourth-order valence-corrected chi connectivity index (χ4v) is 2.51.